The van der Waals surface area contributed by atoms with Gasteiger partial charge in [-0.1, -0.05) is 17.7 Å². The molecule has 6 nitrogen and oxygen atoms in total. The molecule has 2 aromatic rings. The van der Waals surface area contributed by atoms with Crippen LogP contribution in [-0.2, 0) is 17.1 Å². The number of aromatic nitrogens is 1. The number of carbonyl (C=O) groups is 1. The van der Waals surface area contributed by atoms with Crippen LogP contribution in [0.2, 0.25) is 0 Å². The Morgan fingerprint density at radius 2 is 1.75 bits per heavy atom. The number of hydrogen-bond donors (Lipinski definition) is 0. The Kier molecular flexibility index (Phi) is 4.47. The van der Waals surface area contributed by atoms with Gasteiger partial charge in [0, 0.05) is 26.3 Å². The molecule has 0 saturated carbocycles. The van der Waals surface area contributed by atoms with Gasteiger partial charge in [0.2, 0.25) is 10.0 Å². The molecule has 7 heteroatoms. The SMILES string of the molecule is Cc1ccc(OC(=O)c2cc(S(=O)(=O)N3CCCC3)cn2C)cc1. The number of nitrogens with zero attached hydrogens (tertiary/aromatic N) is 2. The molecule has 0 atom stereocenters. The van der Waals surface area contributed by atoms with Crippen molar-refractivity contribution in [1.82, 2.24) is 8.87 Å². The van der Waals surface area contributed by atoms with Crippen LogP contribution in [-0.4, -0.2) is 36.3 Å². The molecular weight excluding hydrogens is 328 g/mol. The molecule has 0 amide bonds. The van der Waals surface area contributed by atoms with Gasteiger partial charge >= 0.3 is 5.97 Å². The Morgan fingerprint density at radius 3 is 2.38 bits per heavy atom. The van der Waals surface area contributed by atoms with E-state index in [1.165, 1.54) is 21.1 Å². The van der Waals surface area contributed by atoms with Gasteiger partial charge in [0.05, 0.1) is 0 Å². The molecule has 0 aliphatic carbocycles. The smallest absolute Gasteiger partial charge is 0.360 e. The lowest BCUT2D eigenvalue weighted by Gasteiger charge is -2.13. The summed E-state index contributed by atoms with van der Waals surface area (Å²) in [4.78, 5) is 12.5. The van der Waals surface area contributed by atoms with E-state index in [0.29, 0.717) is 18.8 Å². The van der Waals surface area contributed by atoms with Gasteiger partial charge in [0.25, 0.3) is 0 Å². The Hall–Kier alpha value is -2.12. The molecule has 1 fully saturated rings. The van der Waals surface area contributed by atoms with Gasteiger partial charge in [-0.15, -0.1) is 0 Å². The first-order valence-electron chi connectivity index (χ1n) is 7.83. The number of hydrogen-bond acceptors (Lipinski definition) is 4. The molecule has 0 unspecified atom stereocenters. The molecule has 1 aliphatic rings. The predicted octanol–water partition coefficient (Wildman–Crippen LogP) is 2.34. The number of benzene rings is 1. The van der Waals surface area contributed by atoms with Gasteiger partial charge in [0.15, 0.2) is 0 Å². The third-order valence-electron chi connectivity index (χ3n) is 4.12. The van der Waals surface area contributed by atoms with E-state index in [4.69, 9.17) is 4.74 Å². The normalized spacial score (nSPS) is 15.6. The van der Waals surface area contributed by atoms with Crippen molar-refractivity contribution in [3.63, 3.8) is 0 Å². The lowest BCUT2D eigenvalue weighted by atomic mass is 10.2. The molecule has 0 N–H and O–H groups in total. The molecule has 1 aromatic heterocycles. The molecule has 1 aliphatic heterocycles. The molecule has 2 heterocycles. The summed E-state index contributed by atoms with van der Waals surface area (Å²) in [5.41, 5.74) is 1.26. The Bertz CT molecular complexity index is 847. The number of aryl methyl sites for hydroxylation is 2. The fraction of sp³-hybridized carbons (Fsp3) is 0.353. The summed E-state index contributed by atoms with van der Waals surface area (Å²) in [6, 6.07) is 8.48. The monoisotopic (exact) mass is 348 g/mol. The third-order valence-corrected chi connectivity index (χ3v) is 5.99. The number of carbonyl (C=O) groups excluding carboxylic acids is 1. The standard InChI is InChI=1S/C17H20N2O4S/c1-13-5-7-14(8-6-13)23-17(20)16-11-15(12-18(16)2)24(21,22)19-9-3-4-10-19/h5-8,11-12H,3-4,9-10H2,1-2H3. The minimum atomic E-state index is -3.55. The van der Waals surface area contributed by atoms with E-state index < -0.39 is 16.0 Å². The van der Waals surface area contributed by atoms with Gasteiger partial charge in [-0.05, 0) is 38.0 Å². The molecular formula is C17H20N2O4S. The van der Waals surface area contributed by atoms with Crippen LogP contribution in [0.15, 0.2) is 41.4 Å². The zero-order chi connectivity index (χ0) is 17.3. The lowest BCUT2D eigenvalue weighted by Crippen LogP contribution is -2.27. The van der Waals surface area contributed by atoms with E-state index in [1.807, 2.05) is 19.1 Å². The molecule has 1 aromatic carbocycles. The van der Waals surface area contributed by atoms with E-state index in [2.05, 4.69) is 0 Å². The minimum absolute atomic E-state index is 0.128. The fourth-order valence-electron chi connectivity index (χ4n) is 2.72. The average Bonchev–Trinajstić information content (AvgIpc) is 3.19. The zero-order valence-electron chi connectivity index (χ0n) is 13.7. The highest BCUT2D eigenvalue weighted by Crippen LogP contribution is 2.23. The van der Waals surface area contributed by atoms with Crippen molar-refractivity contribution in [2.75, 3.05) is 13.1 Å². The van der Waals surface area contributed by atoms with Crippen molar-refractivity contribution in [3.05, 3.63) is 47.8 Å². The molecule has 0 radical (unpaired) electrons. The van der Waals surface area contributed by atoms with Crippen LogP contribution in [0.25, 0.3) is 0 Å². The van der Waals surface area contributed by atoms with Gasteiger partial charge < -0.3 is 9.30 Å². The molecule has 3 rings (SSSR count). The van der Waals surface area contributed by atoms with Crippen LogP contribution in [0.5, 0.6) is 5.75 Å². The van der Waals surface area contributed by atoms with Crippen molar-refractivity contribution < 1.29 is 17.9 Å². The molecule has 0 spiro atoms. The topological polar surface area (TPSA) is 68.6 Å². The largest absolute Gasteiger partial charge is 0.422 e. The minimum Gasteiger partial charge on any atom is -0.422 e. The molecule has 24 heavy (non-hydrogen) atoms. The molecule has 128 valence electrons. The first-order chi connectivity index (χ1) is 11.4. The van der Waals surface area contributed by atoms with Crippen molar-refractivity contribution in [3.8, 4) is 5.75 Å². The van der Waals surface area contributed by atoms with E-state index in [-0.39, 0.29) is 10.6 Å². The van der Waals surface area contributed by atoms with Gasteiger partial charge in [0.1, 0.15) is 16.3 Å². The fourth-order valence-corrected chi connectivity index (χ4v) is 4.31. The van der Waals surface area contributed by atoms with Crippen LogP contribution >= 0.6 is 0 Å². The average molecular weight is 348 g/mol. The van der Waals surface area contributed by atoms with E-state index in [0.717, 1.165) is 18.4 Å². The maximum atomic E-state index is 12.6. The Morgan fingerprint density at radius 1 is 1.12 bits per heavy atom. The van der Waals surface area contributed by atoms with Crippen LogP contribution in [0.1, 0.15) is 28.9 Å². The van der Waals surface area contributed by atoms with Crippen LogP contribution in [0, 0.1) is 6.92 Å². The molecule has 0 bridgehead atoms. The second kappa shape index (κ2) is 6.41. The maximum Gasteiger partial charge on any atom is 0.360 e. The molecule has 1 saturated heterocycles. The summed E-state index contributed by atoms with van der Waals surface area (Å²) in [6.45, 7) is 3.00. The predicted molar refractivity (Wildman–Crippen MR) is 89.5 cm³/mol. The maximum absolute atomic E-state index is 12.6. The summed E-state index contributed by atoms with van der Waals surface area (Å²) < 4.78 is 33.4. The van der Waals surface area contributed by atoms with Crippen LogP contribution in [0.4, 0.5) is 0 Å². The van der Waals surface area contributed by atoms with Crippen molar-refractivity contribution >= 4 is 16.0 Å². The van der Waals surface area contributed by atoms with Crippen LogP contribution in [0.3, 0.4) is 0 Å². The summed E-state index contributed by atoms with van der Waals surface area (Å²) >= 11 is 0. The number of esters is 1. The van der Waals surface area contributed by atoms with E-state index in [1.54, 1.807) is 19.2 Å². The summed E-state index contributed by atoms with van der Waals surface area (Å²) in [6.07, 6.45) is 3.20. The number of sulfonamides is 1. The van der Waals surface area contributed by atoms with Crippen molar-refractivity contribution in [2.45, 2.75) is 24.7 Å². The lowest BCUT2D eigenvalue weighted by molar-refractivity contribution is 0.0724. The summed E-state index contributed by atoms with van der Waals surface area (Å²) in [7, 11) is -1.91. The first-order valence-corrected chi connectivity index (χ1v) is 9.27. The van der Waals surface area contributed by atoms with E-state index >= 15 is 0 Å². The van der Waals surface area contributed by atoms with Gasteiger partial charge in [-0.3, -0.25) is 0 Å². The highest BCUT2D eigenvalue weighted by molar-refractivity contribution is 7.89. The first kappa shape index (κ1) is 16.7. The summed E-state index contributed by atoms with van der Waals surface area (Å²) in [5, 5.41) is 0. The van der Waals surface area contributed by atoms with Gasteiger partial charge in [-0.25, -0.2) is 13.2 Å². The quantitative estimate of drug-likeness (QED) is 0.628. The van der Waals surface area contributed by atoms with E-state index in [9.17, 15) is 13.2 Å². The third kappa shape index (κ3) is 3.22. The second-order valence-electron chi connectivity index (χ2n) is 5.99. The van der Waals surface area contributed by atoms with Crippen molar-refractivity contribution in [1.29, 1.82) is 0 Å². The number of rotatable bonds is 4. The Balaban J connectivity index is 1.83. The van der Waals surface area contributed by atoms with Gasteiger partial charge in [-0.2, -0.15) is 4.31 Å². The second-order valence-corrected chi connectivity index (χ2v) is 7.92. The van der Waals surface area contributed by atoms with Crippen molar-refractivity contribution in [2.24, 2.45) is 7.05 Å². The highest BCUT2D eigenvalue weighted by Gasteiger charge is 2.29. The highest BCUT2D eigenvalue weighted by atomic mass is 32.2. The van der Waals surface area contributed by atoms with Crippen LogP contribution < -0.4 is 4.74 Å². The Labute approximate surface area is 141 Å². The summed E-state index contributed by atoms with van der Waals surface area (Å²) in [5.74, 6) is -0.153. The number of ether oxygens (including phenoxy) is 1. The zero-order valence-corrected chi connectivity index (χ0v) is 14.5.